The van der Waals surface area contributed by atoms with Gasteiger partial charge in [0.15, 0.2) is 5.82 Å². The van der Waals surface area contributed by atoms with E-state index in [2.05, 4.69) is 16.7 Å². The van der Waals surface area contributed by atoms with Crippen LogP contribution in [0, 0.1) is 10.6 Å². The second-order valence-corrected chi connectivity index (χ2v) is 7.34. The molecule has 1 aliphatic rings. The van der Waals surface area contributed by atoms with Crippen LogP contribution in [0.5, 0.6) is 0 Å². The Morgan fingerprint density at radius 3 is 2.21 bits per heavy atom. The average Bonchev–Trinajstić information content (AvgIpc) is 3.06. The highest BCUT2D eigenvalue weighted by Crippen LogP contribution is 2.23. The van der Waals surface area contributed by atoms with Crippen LogP contribution in [0.2, 0.25) is 0 Å². The number of halogens is 1. The summed E-state index contributed by atoms with van der Waals surface area (Å²) in [5, 5.41) is 4.82. The molecule has 1 aromatic heterocycles. The Labute approximate surface area is 169 Å². The summed E-state index contributed by atoms with van der Waals surface area (Å²) in [5.41, 5.74) is 1.79. The second-order valence-electron chi connectivity index (χ2n) is 6.98. The maximum absolute atomic E-state index is 13.4. The summed E-state index contributed by atoms with van der Waals surface area (Å²) in [6.45, 7) is 8.07. The van der Waals surface area contributed by atoms with Crippen molar-refractivity contribution in [2.24, 2.45) is 0 Å². The predicted molar refractivity (Wildman–Crippen MR) is 111 cm³/mol. The van der Waals surface area contributed by atoms with E-state index in [-0.39, 0.29) is 5.82 Å². The van der Waals surface area contributed by atoms with Crippen LogP contribution in [-0.4, -0.2) is 56.9 Å². The Bertz CT molecular complexity index is 972. The number of hydrogen-bond acceptors (Lipinski definition) is 4. The Balaban J connectivity index is 1.70. The van der Waals surface area contributed by atoms with Crippen molar-refractivity contribution in [1.29, 1.82) is 0 Å². The first-order valence-electron chi connectivity index (χ1n) is 9.61. The van der Waals surface area contributed by atoms with Gasteiger partial charge in [0.1, 0.15) is 5.82 Å². The van der Waals surface area contributed by atoms with Gasteiger partial charge in [-0.25, -0.2) is 9.07 Å². The molecule has 2 heterocycles. The second kappa shape index (κ2) is 8.34. The van der Waals surface area contributed by atoms with Gasteiger partial charge in [0.05, 0.1) is 6.67 Å². The van der Waals surface area contributed by atoms with Crippen molar-refractivity contribution in [1.82, 2.24) is 24.1 Å². The van der Waals surface area contributed by atoms with Crippen LogP contribution in [0.3, 0.4) is 0 Å². The lowest BCUT2D eigenvalue weighted by atomic mass is 10.2. The van der Waals surface area contributed by atoms with Gasteiger partial charge in [0.2, 0.25) is 4.77 Å². The zero-order chi connectivity index (χ0) is 19.5. The van der Waals surface area contributed by atoms with Crippen molar-refractivity contribution in [2.45, 2.75) is 13.6 Å². The molecule has 146 valence electrons. The topological polar surface area (TPSA) is 29.2 Å². The van der Waals surface area contributed by atoms with Gasteiger partial charge < -0.3 is 4.90 Å². The first kappa shape index (κ1) is 19.0. The Morgan fingerprint density at radius 1 is 0.929 bits per heavy atom. The first-order chi connectivity index (χ1) is 13.7. The molecule has 0 unspecified atom stereocenters. The number of rotatable bonds is 5. The van der Waals surface area contributed by atoms with E-state index in [0.29, 0.717) is 11.4 Å². The monoisotopic (exact) mass is 397 g/mol. The maximum atomic E-state index is 13.4. The Morgan fingerprint density at radius 2 is 1.57 bits per heavy atom. The fourth-order valence-electron chi connectivity index (χ4n) is 3.53. The third-order valence-electron chi connectivity index (χ3n) is 5.20. The van der Waals surface area contributed by atoms with Gasteiger partial charge in [-0.05, 0) is 55.2 Å². The molecular formula is C21H24FN5S. The zero-order valence-corrected chi connectivity index (χ0v) is 16.8. The van der Waals surface area contributed by atoms with E-state index >= 15 is 0 Å². The minimum absolute atomic E-state index is 0.262. The van der Waals surface area contributed by atoms with E-state index in [1.54, 1.807) is 12.1 Å². The molecule has 1 aliphatic heterocycles. The Hall–Kier alpha value is -2.35. The van der Waals surface area contributed by atoms with E-state index in [1.807, 2.05) is 39.6 Å². The molecule has 0 N–H and O–H groups in total. The third-order valence-corrected chi connectivity index (χ3v) is 5.60. The van der Waals surface area contributed by atoms with Crippen molar-refractivity contribution < 1.29 is 4.39 Å². The molecule has 1 saturated heterocycles. The molecule has 2 aromatic carbocycles. The first-order valence-corrected chi connectivity index (χ1v) is 10.0. The molecule has 0 amide bonds. The standard InChI is InChI=1S/C21H24FN5S/c1-2-24-12-14-25(15-13-24)16-26-21(28)27(19-6-4-3-5-7-19)20(23-26)17-8-10-18(22)11-9-17/h3-11H,2,12-16H2,1H3. The van der Waals surface area contributed by atoms with Crippen molar-refractivity contribution in [3.05, 3.63) is 65.2 Å². The highest BCUT2D eigenvalue weighted by atomic mass is 32.1. The summed E-state index contributed by atoms with van der Waals surface area (Å²) in [7, 11) is 0. The Kier molecular flexibility index (Phi) is 5.66. The number of likely N-dealkylation sites (N-methyl/N-ethyl adjacent to an activating group) is 1. The molecule has 0 atom stereocenters. The SMILES string of the molecule is CCN1CCN(Cn2nc(-c3ccc(F)cc3)n(-c3ccccc3)c2=S)CC1. The molecule has 0 bridgehead atoms. The van der Waals surface area contributed by atoms with Crippen LogP contribution in [-0.2, 0) is 6.67 Å². The minimum Gasteiger partial charge on any atom is -0.301 e. The number of piperazine rings is 1. The molecule has 5 nitrogen and oxygen atoms in total. The van der Waals surface area contributed by atoms with Crippen LogP contribution in [0.4, 0.5) is 4.39 Å². The van der Waals surface area contributed by atoms with Crippen molar-refractivity contribution in [3.63, 3.8) is 0 Å². The van der Waals surface area contributed by atoms with Crippen molar-refractivity contribution in [2.75, 3.05) is 32.7 Å². The molecular weight excluding hydrogens is 373 g/mol. The molecule has 0 radical (unpaired) electrons. The highest BCUT2D eigenvalue weighted by molar-refractivity contribution is 7.71. The zero-order valence-electron chi connectivity index (χ0n) is 16.0. The van der Waals surface area contributed by atoms with Crippen molar-refractivity contribution in [3.8, 4) is 17.1 Å². The molecule has 0 aliphatic carbocycles. The lowest BCUT2D eigenvalue weighted by molar-refractivity contribution is 0.106. The van der Waals surface area contributed by atoms with Gasteiger partial charge in [-0.2, -0.15) is 0 Å². The number of para-hydroxylation sites is 1. The molecule has 28 heavy (non-hydrogen) atoms. The summed E-state index contributed by atoms with van der Waals surface area (Å²) in [6, 6.07) is 16.4. The summed E-state index contributed by atoms with van der Waals surface area (Å²) in [6.07, 6.45) is 0. The van der Waals surface area contributed by atoms with Gasteiger partial charge in [-0.1, -0.05) is 25.1 Å². The fraction of sp³-hybridized carbons (Fsp3) is 0.333. The third kappa shape index (κ3) is 3.92. The van der Waals surface area contributed by atoms with Gasteiger partial charge >= 0.3 is 0 Å². The molecule has 4 rings (SSSR count). The molecule has 0 spiro atoms. The van der Waals surface area contributed by atoms with E-state index in [1.165, 1.54) is 12.1 Å². The number of benzene rings is 2. The fourth-order valence-corrected chi connectivity index (χ4v) is 3.82. The smallest absolute Gasteiger partial charge is 0.204 e. The van der Waals surface area contributed by atoms with Crippen LogP contribution in [0.15, 0.2) is 54.6 Å². The number of aromatic nitrogens is 3. The molecule has 0 saturated carbocycles. The largest absolute Gasteiger partial charge is 0.301 e. The summed E-state index contributed by atoms with van der Waals surface area (Å²) >= 11 is 5.79. The lowest BCUT2D eigenvalue weighted by Gasteiger charge is -2.33. The summed E-state index contributed by atoms with van der Waals surface area (Å²) in [5.74, 6) is 0.463. The molecule has 1 fully saturated rings. The van der Waals surface area contributed by atoms with Crippen LogP contribution in [0.1, 0.15) is 6.92 Å². The van der Waals surface area contributed by atoms with Gasteiger partial charge in [-0.15, -0.1) is 5.10 Å². The van der Waals surface area contributed by atoms with E-state index in [4.69, 9.17) is 17.3 Å². The van der Waals surface area contributed by atoms with Crippen molar-refractivity contribution >= 4 is 12.2 Å². The maximum Gasteiger partial charge on any atom is 0.204 e. The normalized spacial score (nSPS) is 15.8. The summed E-state index contributed by atoms with van der Waals surface area (Å²) in [4.78, 5) is 4.82. The van der Waals surface area contributed by atoms with Crippen LogP contribution < -0.4 is 0 Å². The lowest BCUT2D eigenvalue weighted by Crippen LogP contribution is -2.46. The van der Waals surface area contributed by atoms with Crippen LogP contribution in [0.25, 0.3) is 17.1 Å². The van der Waals surface area contributed by atoms with E-state index < -0.39 is 0 Å². The molecule has 3 aromatic rings. The summed E-state index contributed by atoms with van der Waals surface area (Å²) < 4.78 is 17.9. The van der Waals surface area contributed by atoms with E-state index in [9.17, 15) is 4.39 Å². The molecule has 7 heteroatoms. The van der Waals surface area contributed by atoms with E-state index in [0.717, 1.165) is 49.8 Å². The highest BCUT2D eigenvalue weighted by Gasteiger charge is 2.19. The quantitative estimate of drug-likeness (QED) is 0.613. The number of nitrogens with zero attached hydrogens (tertiary/aromatic N) is 5. The van der Waals surface area contributed by atoms with Crippen LogP contribution >= 0.6 is 12.2 Å². The minimum atomic E-state index is -0.262. The predicted octanol–water partition coefficient (Wildman–Crippen LogP) is 3.80. The average molecular weight is 398 g/mol. The van der Waals surface area contributed by atoms with Gasteiger partial charge in [0, 0.05) is 37.4 Å². The van der Waals surface area contributed by atoms with Gasteiger partial charge in [0.25, 0.3) is 0 Å². The number of hydrogen-bond donors (Lipinski definition) is 0. The van der Waals surface area contributed by atoms with Gasteiger partial charge in [-0.3, -0.25) is 9.47 Å².